The Balaban J connectivity index is 1.81. The van der Waals surface area contributed by atoms with E-state index in [1.54, 1.807) is 12.3 Å². The number of aryl methyl sites for hydroxylation is 1. The zero-order valence-corrected chi connectivity index (χ0v) is 15.4. The number of aromatic amines is 1. The van der Waals surface area contributed by atoms with Crippen molar-refractivity contribution in [3.8, 4) is 11.5 Å². The summed E-state index contributed by atoms with van der Waals surface area (Å²) in [5, 5.41) is 41.5. The first-order chi connectivity index (χ1) is 13.5. The first-order valence-electron chi connectivity index (χ1n) is 8.87. The molecule has 4 rings (SSSR count). The molecule has 5 atom stereocenters. The summed E-state index contributed by atoms with van der Waals surface area (Å²) in [4.78, 5) is 7.56. The average Bonchev–Trinajstić information content (AvgIpc) is 3.09. The number of nitrogens with zero attached hydrogens (tertiary/aromatic N) is 1. The molecule has 0 radical (unpaired) electrons. The number of methoxy groups -OCH3 is 1. The van der Waals surface area contributed by atoms with Crippen LogP contribution in [0.2, 0.25) is 0 Å². The highest BCUT2D eigenvalue weighted by molar-refractivity contribution is 6.10. The fourth-order valence-corrected chi connectivity index (χ4v) is 3.54. The molecule has 1 aliphatic heterocycles. The van der Waals surface area contributed by atoms with Crippen LogP contribution in [-0.4, -0.2) is 74.8 Å². The molecule has 150 valence electrons. The molecule has 1 unspecified atom stereocenters. The number of fused-ring (bicyclic) bond motifs is 3. The van der Waals surface area contributed by atoms with E-state index in [1.165, 1.54) is 7.11 Å². The lowest BCUT2D eigenvalue weighted by molar-refractivity contribution is -0.277. The van der Waals surface area contributed by atoms with Crippen molar-refractivity contribution >= 4 is 21.8 Å². The summed E-state index contributed by atoms with van der Waals surface area (Å²) in [6.07, 6.45) is -5.18. The lowest BCUT2D eigenvalue weighted by atomic mass is 9.99. The lowest BCUT2D eigenvalue weighted by Crippen LogP contribution is -2.60. The third kappa shape index (κ3) is 2.88. The first-order valence-corrected chi connectivity index (χ1v) is 8.87. The molecule has 5 N–H and O–H groups in total. The molecule has 0 aliphatic carbocycles. The van der Waals surface area contributed by atoms with E-state index in [2.05, 4.69) is 9.97 Å². The smallest absolute Gasteiger partial charge is 0.229 e. The van der Waals surface area contributed by atoms with E-state index >= 15 is 0 Å². The number of benzene rings is 1. The summed E-state index contributed by atoms with van der Waals surface area (Å²) in [6, 6.07) is 5.49. The molecule has 9 nitrogen and oxygen atoms in total. The van der Waals surface area contributed by atoms with Gasteiger partial charge in [-0.2, -0.15) is 0 Å². The van der Waals surface area contributed by atoms with Crippen molar-refractivity contribution in [3.05, 3.63) is 30.1 Å². The second kappa shape index (κ2) is 7.19. The molecule has 0 spiro atoms. The SMILES string of the molecule is COc1ccc2c([nH]c3c(C)nccc32)c1OC1O[C@H](CO)[C@@H](O)[C@H](O)[C@H]1O. The van der Waals surface area contributed by atoms with Crippen LogP contribution in [-0.2, 0) is 4.74 Å². The number of H-pyrrole nitrogens is 1. The topological polar surface area (TPSA) is 137 Å². The van der Waals surface area contributed by atoms with Crippen LogP contribution in [0.5, 0.6) is 11.5 Å². The predicted octanol–water partition coefficient (Wildman–Crippen LogP) is 0.212. The van der Waals surface area contributed by atoms with Crippen molar-refractivity contribution < 1.29 is 34.6 Å². The second-order valence-corrected chi connectivity index (χ2v) is 6.78. The predicted molar refractivity (Wildman–Crippen MR) is 99.3 cm³/mol. The fourth-order valence-electron chi connectivity index (χ4n) is 3.54. The van der Waals surface area contributed by atoms with Crippen LogP contribution in [0.3, 0.4) is 0 Å². The van der Waals surface area contributed by atoms with Gasteiger partial charge < -0.3 is 39.6 Å². The number of pyridine rings is 1. The number of ether oxygens (including phenoxy) is 3. The highest BCUT2D eigenvalue weighted by atomic mass is 16.7. The number of aliphatic hydroxyl groups is 4. The van der Waals surface area contributed by atoms with E-state index < -0.39 is 37.3 Å². The highest BCUT2D eigenvalue weighted by Gasteiger charge is 2.45. The monoisotopic (exact) mass is 390 g/mol. The largest absolute Gasteiger partial charge is 0.493 e. The molecule has 1 fully saturated rings. The van der Waals surface area contributed by atoms with Gasteiger partial charge in [0.15, 0.2) is 11.5 Å². The lowest BCUT2D eigenvalue weighted by Gasteiger charge is -2.39. The van der Waals surface area contributed by atoms with Crippen molar-refractivity contribution in [2.75, 3.05) is 13.7 Å². The molecular weight excluding hydrogens is 368 g/mol. The maximum Gasteiger partial charge on any atom is 0.229 e. The minimum absolute atomic E-state index is 0.278. The molecule has 3 aromatic rings. The molecule has 0 amide bonds. The Morgan fingerprint density at radius 1 is 1.07 bits per heavy atom. The van der Waals surface area contributed by atoms with Crippen LogP contribution in [0.15, 0.2) is 24.4 Å². The van der Waals surface area contributed by atoms with Gasteiger partial charge in [0.2, 0.25) is 6.29 Å². The van der Waals surface area contributed by atoms with Gasteiger partial charge in [0.1, 0.15) is 24.4 Å². The molecule has 0 bridgehead atoms. The number of hydrogen-bond acceptors (Lipinski definition) is 8. The molecule has 1 aliphatic rings. The average molecular weight is 390 g/mol. The quantitative estimate of drug-likeness (QED) is 0.426. The number of rotatable bonds is 4. The third-order valence-electron chi connectivity index (χ3n) is 5.10. The third-order valence-corrected chi connectivity index (χ3v) is 5.10. The Kier molecular flexibility index (Phi) is 4.86. The van der Waals surface area contributed by atoms with E-state index in [4.69, 9.17) is 14.2 Å². The van der Waals surface area contributed by atoms with E-state index in [9.17, 15) is 20.4 Å². The standard InChI is InChI=1S/C19H22N2O7/c1-8-13-10(5-6-20-8)9-3-4-11(26-2)18(14(9)21-13)28-19-17(25)16(24)15(23)12(7-22)27-19/h3-6,12,15-17,19,21-25H,7H2,1-2H3/t12-,15-,16+,17-,19?/m1/s1. The van der Waals surface area contributed by atoms with Gasteiger partial charge in [-0.15, -0.1) is 0 Å². The van der Waals surface area contributed by atoms with Gasteiger partial charge in [0, 0.05) is 17.0 Å². The van der Waals surface area contributed by atoms with Gasteiger partial charge in [-0.3, -0.25) is 4.98 Å². The molecule has 0 saturated carbocycles. The summed E-state index contributed by atoms with van der Waals surface area (Å²) >= 11 is 0. The van der Waals surface area contributed by atoms with Crippen molar-refractivity contribution in [2.45, 2.75) is 37.6 Å². The fraction of sp³-hybridized carbons (Fsp3) is 0.421. The maximum atomic E-state index is 10.3. The molecule has 28 heavy (non-hydrogen) atoms. The van der Waals surface area contributed by atoms with Crippen molar-refractivity contribution in [3.63, 3.8) is 0 Å². The van der Waals surface area contributed by atoms with Gasteiger partial charge in [-0.25, -0.2) is 0 Å². The number of aromatic nitrogens is 2. The van der Waals surface area contributed by atoms with Gasteiger partial charge in [-0.05, 0) is 25.1 Å². The van der Waals surface area contributed by atoms with Gasteiger partial charge in [-0.1, -0.05) is 0 Å². The number of nitrogens with one attached hydrogen (secondary N) is 1. The Hall–Kier alpha value is -2.43. The van der Waals surface area contributed by atoms with Crippen LogP contribution in [0.1, 0.15) is 5.69 Å². The molecular formula is C19H22N2O7. The molecule has 1 saturated heterocycles. The van der Waals surface area contributed by atoms with Crippen molar-refractivity contribution in [1.29, 1.82) is 0 Å². The van der Waals surface area contributed by atoms with Crippen molar-refractivity contribution in [2.24, 2.45) is 0 Å². The van der Waals surface area contributed by atoms with E-state index in [1.807, 2.05) is 19.1 Å². The minimum atomic E-state index is -1.53. The van der Waals surface area contributed by atoms with Crippen LogP contribution in [0.4, 0.5) is 0 Å². The van der Waals surface area contributed by atoms with Crippen LogP contribution in [0.25, 0.3) is 21.8 Å². The summed E-state index contributed by atoms with van der Waals surface area (Å²) in [7, 11) is 1.48. The van der Waals surface area contributed by atoms with Crippen LogP contribution < -0.4 is 9.47 Å². The van der Waals surface area contributed by atoms with E-state index in [0.29, 0.717) is 11.3 Å². The van der Waals surface area contributed by atoms with Crippen molar-refractivity contribution in [1.82, 2.24) is 9.97 Å². The van der Waals surface area contributed by atoms with Crippen LogP contribution >= 0.6 is 0 Å². The summed E-state index contributed by atoms with van der Waals surface area (Å²) in [6.45, 7) is 1.34. The highest BCUT2D eigenvalue weighted by Crippen LogP contribution is 2.40. The second-order valence-electron chi connectivity index (χ2n) is 6.78. The first kappa shape index (κ1) is 18.9. The Bertz CT molecular complexity index is 1000. The maximum absolute atomic E-state index is 10.3. The molecule has 3 heterocycles. The van der Waals surface area contributed by atoms with E-state index in [-0.39, 0.29) is 5.75 Å². The zero-order chi connectivity index (χ0) is 20.0. The Morgan fingerprint density at radius 3 is 2.54 bits per heavy atom. The summed E-state index contributed by atoms with van der Waals surface area (Å²) in [5.41, 5.74) is 2.26. The number of aliphatic hydroxyl groups excluding tert-OH is 4. The summed E-state index contributed by atoms with van der Waals surface area (Å²) < 4.78 is 16.8. The van der Waals surface area contributed by atoms with Gasteiger partial charge in [0.05, 0.1) is 30.4 Å². The van der Waals surface area contributed by atoms with E-state index in [0.717, 1.165) is 22.0 Å². The molecule has 1 aromatic carbocycles. The van der Waals surface area contributed by atoms with Gasteiger partial charge >= 0.3 is 0 Å². The van der Waals surface area contributed by atoms with Gasteiger partial charge in [0.25, 0.3) is 0 Å². The Labute approximate surface area is 160 Å². The molecule has 9 heteroatoms. The molecule has 2 aromatic heterocycles. The van der Waals surface area contributed by atoms with Crippen LogP contribution in [0, 0.1) is 6.92 Å². The minimum Gasteiger partial charge on any atom is -0.493 e. The Morgan fingerprint density at radius 2 is 1.82 bits per heavy atom. The normalized spacial score (nSPS) is 28.0. The summed E-state index contributed by atoms with van der Waals surface area (Å²) in [5.74, 6) is 0.668. The zero-order valence-electron chi connectivity index (χ0n) is 15.4. The number of hydrogen-bond donors (Lipinski definition) is 5.